The van der Waals surface area contributed by atoms with E-state index in [1.54, 1.807) is 0 Å². The normalized spacial score (nSPS) is 9.58. The van der Waals surface area contributed by atoms with Gasteiger partial charge in [-0.3, -0.25) is 4.98 Å². The number of hydrogen-bond acceptors (Lipinski definition) is 2. The first kappa shape index (κ1) is 15.7. The molecule has 2 aromatic rings. The van der Waals surface area contributed by atoms with Crippen molar-refractivity contribution in [1.82, 2.24) is 4.98 Å². The molecule has 0 bridgehead atoms. The van der Waals surface area contributed by atoms with Crippen LogP contribution in [0, 0.1) is 20.8 Å². The SMILES string of the molecule is CCc1ccccn1.Cc1cc(C)c([N]=[Ni])c(C)c1. The standard InChI is InChI=1S/C9H11N.C7H9N.Ni/c1-6-4-7(2)9(10)8(3)5-6;1-2-7-5-3-4-6-8-7;/h4-5H,1-3H3;3-6H,2H2,1H3;. The van der Waals surface area contributed by atoms with Crippen LogP contribution < -0.4 is 0 Å². The summed E-state index contributed by atoms with van der Waals surface area (Å²) in [4.78, 5) is 4.10. The van der Waals surface area contributed by atoms with Crippen molar-refractivity contribution in [3.63, 3.8) is 0 Å². The number of aryl methyl sites for hydroxylation is 4. The Bertz CT molecular complexity index is 513. The van der Waals surface area contributed by atoms with Crippen molar-refractivity contribution < 1.29 is 15.3 Å². The molecule has 2 nitrogen and oxygen atoms in total. The van der Waals surface area contributed by atoms with Gasteiger partial charge in [-0.15, -0.1) is 0 Å². The number of hydrogen-bond donors (Lipinski definition) is 0. The maximum absolute atomic E-state index is 4.38. The molecule has 0 aliphatic carbocycles. The van der Waals surface area contributed by atoms with E-state index in [1.165, 1.54) is 16.7 Å². The Morgan fingerprint density at radius 3 is 2.11 bits per heavy atom. The summed E-state index contributed by atoms with van der Waals surface area (Å²) in [6, 6.07) is 10.2. The fraction of sp³-hybridized carbons (Fsp3) is 0.312. The van der Waals surface area contributed by atoms with Crippen LogP contribution in [0.3, 0.4) is 0 Å². The molecule has 3 heteroatoms. The van der Waals surface area contributed by atoms with E-state index in [0.717, 1.165) is 17.8 Å². The van der Waals surface area contributed by atoms with E-state index in [9.17, 15) is 0 Å². The van der Waals surface area contributed by atoms with Crippen molar-refractivity contribution in [2.75, 3.05) is 0 Å². The molecule has 19 heavy (non-hydrogen) atoms. The summed E-state index contributed by atoms with van der Waals surface area (Å²) >= 11 is 4.38. The summed E-state index contributed by atoms with van der Waals surface area (Å²) in [5.41, 5.74) is 5.75. The molecule has 0 unspecified atom stereocenters. The monoisotopic (exact) mass is 298 g/mol. The van der Waals surface area contributed by atoms with Gasteiger partial charge in [0.25, 0.3) is 0 Å². The van der Waals surface area contributed by atoms with Gasteiger partial charge in [-0.25, -0.2) is 0 Å². The molecule has 0 N–H and O–H groups in total. The maximum atomic E-state index is 4.38. The van der Waals surface area contributed by atoms with E-state index in [-0.39, 0.29) is 0 Å². The topological polar surface area (TPSA) is 25.2 Å². The van der Waals surface area contributed by atoms with E-state index in [2.05, 4.69) is 50.3 Å². The number of benzene rings is 1. The van der Waals surface area contributed by atoms with Gasteiger partial charge < -0.3 is 0 Å². The van der Waals surface area contributed by atoms with Crippen LogP contribution in [-0.2, 0) is 21.7 Å². The summed E-state index contributed by atoms with van der Waals surface area (Å²) in [7, 11) is 0. The molecule has 1 aromatic heterocycles. The average molecular weight is 299 g/mol. The van der Waals surface area contributed by atoms with Gasteiger partial charge in [0, 0.05) is 11.9 Å². The zero-order chi connectivity index (χ0) is 14.3. The van der Waals surface area contributed by atoms with Gasteiger partial charge in [0.1, 0.15) is 0 Å². The molecule has 0 atom stereocenters. The van der Waals surface area contributed by atoms with Gasteiger partial charge in [0.05, 0.1) is 0 Å². The third-order valence-corrected chi connectivity index (χ3v) is 3.02. The molecule has 1 heterocycles. The van der Waals surface area contributed by atoms with Gasteiger partial charge in [0.2, 0.25) is 0 Å². The molecule has 0 radical (unpaired) electrons. The van der Waals surface area contributed by atoms with Gasteiger partial charge >= 0.3 is 74.6 Å². The van der Waals surface area contributed by atoms with Crippen LogP contribution >= 0.6 is 0 Å². The Morgan fingerprint density at radius 1 is 1.11 bits per heavy atom. The van der Waals surface area contributed by atoms with Crippen molar-refractivity contribution in [3.8, 4) is 0 Å². The Labute approximate surface area is 123 Å². The van der Waals surface area contributed by atoms with E-state index in [4.69, 9.17) is 0 Å². The van der Waals surface area contributed by atoms with Crippen LogP contribution in [0.1, 0.15) is 29.3 Å². The van der Waals surface area contributed by atoms with Crippen molar-refractivity contribution >= 4 is 5.69 Å². The minimum absolute atomic E-state index is 0.968. The first-order valence-corrected chi connectivity index (χ1v) is 6.79. The van der Waals surface area contributed by atoms with E-state index in [1.807, 2.05) is 38.2 Å². The quantitative estimate of drug-likeness (QED) is 0.743. The van der Waals surface area contributed by atoms with Crippen molar-refractivity contribution in [1.29, 1.82) is 0 Å². The summed E-state index contributed by atoms with van der Waals surface area (Å²) in [6.45, 7) is 8.26. The second kappa shape index (κ2) is 7.96. The van der Waals surface area contributed by atoms with Crippen LogP contribution in [0.15, 0.2) is 40.6 Å². The van der Waals surface area contributed by atoms with Crippen LogP contribution in [0.2, 0.25) is 0 Å². The average Bonchev–Trinajstić information content (AvgIpc) is 2.40. The summed E-state index contributed by atoms with van der Waals surface area (Å²) < 4.78 is 3.84. The minimum atomic E-state index is 0.968. The summed E-state index contributed by atoms with van der Waals surface area (Å²) in [5, 5.41) is 0. The number of nitrogens with zero attached hydrogens (tertiary/aromatic N) is 2. The summed E-state index contributed by atoms with van der Waals surface area (Å²) in [5.74, 6) is 0. The third kappa shape index (κ3) is 5.04. The molecule has 1 aromatic carbocycles. The zero-order valence-corrected chi connectivity index (χ0v) is 12.9. The molecule has 0 aliphatic rings. The van der Waals surface area contributed by atoms with Crippen molar-refractivity contribution in [2.45, 2.75) is 34.1 Å². The van der Waals surface area contributed by atoms with Crippen molar-refractivity contribution in [3.05, 3.63) is 58.9 Å². The fourth-order valence-corrected chi connectivity index (χ4v) is 2.24. The van der Waals surface area contributed by atoms with Gasteiger partial charge in [0.15, 0.2) is 0 Å². The predicted molar refractivity (Wildman–Crippen MR) is 76.4 cm³/mol. The Hall–Kier alpha value is -1.34. The predicted octanol–water partition coefficient (Wildman–Crippen LogP) is 4.62. The Kier molecular flexibility index (Phi) is 6.59. The Morgan fingerprint density at radius 2 is 1.74 bits per heavy atom. The number of aromatic nitrogens is 1. The molecule has 104 valence electrons. The number of pyridine rings is 1. The molecule has 0 aliphatic heterocycles. The molecule has 0 saturated heterocycles. The summed E-state index contributed by atoms with van der Waals surface area (Å²) in [6.07, 6.45) is 2.85. The second-order valence-electron chi connectivity index (χ2n) is 4.49. The molecule has 0 fully saturated rings. The first-order valence-electron chi connectivity index (χ1n) is 6.35. The van der Waals surface area contributed by atoms with Crippen molar-refractivity contribution in [2.24, 2.45) is 4.03 Å². The molecule has 0 spiro atoms. The second-order valence-corrected chi connectivity index (χ2v) is 4.71. The Balaban J connectivity index is 0.000000200. The van der Waals surface area contributed by atoms with Gasteiger partial charge in [-0.2, -0.15) is 0 Å². The molecular formula is C16H20N2Ni. The van der Waals surface area contributed by atoms with Crippen LogP contribution in [0.4, 0.5) is 5.69 Å². The van der Waals surface area contributed by atoms with Crippen LogP contribution in [0.5, 0.6) is 0 Å². The van der Waals surface area contributed by atoms with Crippen LogP contribution in [-0.4, -0.2) is 4.98 Å². The van der Waals surface area contributed by atoms with Gasteiger partial charge in [-0.05, 0) is 18.6 Å². The molecule has 2 rings (SSSR count). The molecular weight excluding hydrogens is 279 g/mol. The van der Waals surface area contributed by atoms with Gasteiger partial charge in [-0.1, -0.05) is 13.0 Å². The van der Waals surface area contributed by atoms with E-state index >= 15 is 0 Å². The van der Waals surface area contributed by atoms with E-state index < -0.39 is 0 Å². The number of rotatable bonds is 2. The zero-order valence-electron chi connectivity index (χ0n) is 11.9. The van der Waals surface area contributed by atoms with Crippen LogP contribution in [0.25, 0.3) is 0 Å². The molecule has 0 amide bonds. The molecule has 0 saturated carbocycles. The first-order chi connectivity index (χ1) is 9.08. The third-order valence-electron chi connectivity index (χ3n) is 2.79. The van der Waals surface area contributed by atoms with E-state index in [0.29, 0.717) is 0 Å². The fourth-order valence-electron chi connectivity index (χ4n) is 1.89.